The molecule has 7 heterocycles. The molecule has 3 N–H and O–H groups in total. The number of nitriles is 1. The van der Waals surface area contributed by atoms with Crippen molar-refractivity contribution in [3.63, 3.8) is 0 Å². The highest BCUT2D eigenvalue weighted by molar-refractivity contribution is 5.79. The predicted octanol–water partition coefficient (Wildman–Crippen LogP) is 3.33. The fraction of sp³-hybridized carbons (Fsp3) is 0.897. The van der Waals surface area contributed by atoms with Crippen molar-refractivity contribution in [2.75, 3.05) is 39.3 Å². The lowest BCUT2D eigenvalue weighted by molar-refractivity contribution is -0.215. The van der Waals surface area contributed by atoms with Crippen LogP contribution in [-0.2, 0) is 42.7 Å². The average molecular weight is 793 g/mol. The molecule has 7 rings (SSSR count). The van der Waals surface area contributed by atoms with E-state index in [2.05, 4.69) is 18.3 Å². The number of rotatable bonds is 7. The van der Waals surface area contributed by atoms with Gasteiger partial charge in [0, 0.05) is 43.8 Å². The lowest BCUT2D eigenvalue weighted by Crippen LogP contribution is -2.55. The fourth-order valence-electron chi connectivity index (χ4n) is 8.57. The number of likely N-dealkylation sites (tertiary alicyclic amines) is 3. The molecule has 7 fully saturated rings. The lowest BCUT2D eigenvalue weighted by Gasteiger charge is -2.40. The monoisotopic (exact) mass is 792 g/mol. The van der Waals surface area contributed by atoms with Crippen molar-refractivity contribution in [1.29, 1.82) is 5.26 Å². The number of nitrogens with two attached hydrogens (primary N) is 1. The largest absolute Gasteiger partial charge is 0.440 e. The number of hydrogen-bond donors (Lipinski definition) is 2. The van der Waals surface area contributed by atoms with Gasteiger partial charge in [-0.15, -0.1) is 0 Å². The highest BCUT2D eigenvalue weighted by Gasteiger charge is 2.57. The molecule has 0 aromatic heterocycles. The van der Waals surface area contributed by atoms with E-state index in [1.165, 1.54) is 0 Å². The molecule has 0 aromatic rings. The third-order valence-electron chi connectivity index (χ3n) is 12.1. The molecule has 316 valence electrons. The standard InChI is InChI=1S/C23H36N4O6.C16H28N2O5/c1-5-16-18(19-20(30-16)33-22(2,3)32-19)31-21(29)26-11-8-23(4,9-12-26)25-14-17(28)27-10-6-7-15(27)13-24;1-5-10-11(12-13(20-10)23-15(2,3)22-12)21-14(19)18-8-6-16(4,17)7-9-18/h15-16,18-20,25H,5-12,14H2,1-4H3;10-13H,5-9,17H2,1-4H3/t15-,16+,18-,19+,20+;10-,11+,12-,13-/m01/s1. The first-order chi connectivity index (χ1) is 26.4. The quantitative estimate of drug-likeness (QED) is 0.381. The molecule has 56 heavy (non-hydrogen) atoms. The second-order valence-corrected chi connectivity index (χ2v) is 17.7. The summed E-state index contributed by atoms with van der Waals surface area (Å²) >= 11 is 0. The summed E-state index contributed by atoms with van der Waals surface area (Å²) in [5, 5.41) is 12.6. The third-order valence-corrected chi connectivity index (χ3v) is 12.1. The molecule has 0 aliphatic carbocycles. The van der Waals surface area contributed by atoms with Gasteiger partial charge in [0.15, 0.2) is 48.6 Å². The summed E-state index contributed by atoms with van der Waals surface area (Å²) in [5.74, 6) is -1.52. The molecule has 0 saturated carbocycles. The Morgan fingerprint density at radius 1 is 0.750 bits per heavy atom. The van der Waals surface area contributed by atoms with Crippen LogP contribution in [0.1, 0.15) is 107 Å². The Bertz CT molecular complexity index is 1450. The summed E-state index contributed by atoms with van der Waals surface area (Å²) in [6, 6.07) is 1.90. The first-order valence-electron chi connectivity index (χ1n) is 20.5. The van der Waals surface area contributed by atoms with Crippen molar-refractivity contribution in [1.82, 2.24) is 20.0 Å². The molecule has 0 spiro atoms. The van der Waals surface area contributed by atoms with E-state index in [0.29, 0.717) is 52.0 Å². The fourth-order valence-corrected chi connectivity index (χ4v) is 8.57. The number of carbonyl (C=O) groups is 3. The zero-order valence-electron chi connectivity index (χ0n) is 34.5. The van der Waals surface area contributed by atoms with Gasteiger partial charge in [-0.2, -0.15) is 5.26 Å². The first kappa shape index (κ1) is 42.8. The Labute approximate surface area is 331 Å². The van der Waals surface area contributed by atoms with Crippen molar-refractivity contribution in [2.45, 2.75) is 185 Å². The van der Waals surface area contributed by atoms with Gasteiger partial charge in [-0.3, -0.25) is 4.79 Å². The molecule has 9 atom stereocenters. The number of hydrogen-bond acceptors (Lipinski definition) is 14. The van der Waals surface area contributed by atoms with E-state index in [4.69, 9.17) is 43.6 Å². The number of ether oxygens (including phenoxy) is 8. The molecule has 0 bridgehead atoms. The highest BCUT2D eigenvalue weighted by Crippen LogP contribution is 2.41. The summed E-state index contributed by atoms with van der Waals surface area (Å²) in [6.07, 6.45) is 2.12. The van der Waals surface area contributed by atoms with Crippen LogP contribution in [0.3, 0.4) is 0 Å². The number of piperidine rings is 2. The van der Waals surface area contributed by atoms with Crippen LogP contribution in [0.5, 0.6) is 0 Å². The van der Waals surface area contributed by atoms with E-state index in [-0.39, 0.29) is 60.1 Å². The van der Waals surface area contributed by atoms with E-state index >= 15 is 0 Å². The number of amides is 3. The summed E-state index contributed by atoms with van der Waals surface area (Å²) in [7, 11) is 0. The molecular formula is C39H64N6O11. The van der Waals surface area contributed by atoms with Gasteiger partial charge in [-0.1, -0.05) is 13.8 Å². The molecule has 7 saturated heterocycles. The third kappa shape index (κ3) is 9.71. The second kappa shape index (κ2) is 16.8. The van der Waals surface area contributed by atoms with Crippen LogP contribution in [0.25, 0.3) is 0 Å². The van der Waals surface area contributed by atoms with Gasteiger partial charge in [0.05, 0.1) is 12.6 Å². The van der Waals surface area contributed by atoms with Crippen LogP contribution in [0, 0.1) is 11.3 Å². The van der Waals surface area contributed by atoms with Crippen LogP contribution in [0.4, 0.5) is 9.59 Å². The first-order valence-corrected chi connectivity index (χ1v) is 20.5. The average Bonchev–Trinajstić information content (AvgIpc) is 3.94. The molecule has 0 radical (unpaired) electrons. The minimum atomic E-state index is -0.767. The SMILES string of the molecule is CC[C@H]1O[C@@H]2OC(C)(C)O[C@@H]2[C@H]1OC(=O)N1CCC(C)(N)CC1.CC[C@H]1O[C@@H]2OC(C)(C)O[C@@H]2[C@H]1OC(=O)N1CCC(C)(NCC(=O)N2CCC[C@H]2C#N)CC1. The normalized spacial score (nSPS) is 36.2. The summed E-state index contributed by atoms with van der Waals surface area (Å²) < 4.78 is 46.7. The van der Waals surface area contributed by atoms with Gasteiger partial charge in [0.25, 0.3) is 0 Å². The predicted molar refractivity (Wildman–Crippen MR) is 199 cm³/mol. The van der Waals surface area contributed by atoms with E-state index < -0.39 is 42.5 Å². The Hall–Kier alpha value is -2.82. The van der Waals surface area contributed by atoms with E-state index in [1.54, 1.807) is 14.7 Å². The van der Waals surface area contributed by atoms with Crippen molar-refractivity contribution in [2.24, 2.45) is 5.73 Å². The molecule has 17 heteroatoms. The highest BCUT2D eigenvalue weighted by atomic mass is 16.9. The Morgan fingerprint density at radius 2 is 1.21 bits per heavy atom. The minimum absolute atomic E-state index is 0.0368. The maximum atomic E-state index is 12.9. The van der Waals surface area contributed by atoms with Crippen molar-refractivity contribution in [3.8, 4) is 6.07 Å². The number of carbonyl (C=O) groups excluding carboxylic acids is 3. The molecule has 3 amide bonds. The maximum Gasteiger partial charge on any atom is 0.410 e. The summed E-state index contributed by atoms with van der Waals surface area (Å²) in [5.41, 5.74) is 5.66. The van der Waals surface area contributed by atoms with Gasteiger partial charge in [0.1, 0.15) is 18.2 Å². The van der Waals surface area contributed by atoms with Crippen molar-refractivity contribution >= 4 is 18.1 Å². The number of nitrogens with one attached hydrogen (secondary N) is 1. The molecule has 7 aliphatic heterocycles. The van der Waals surface area contributed by atoms with Crippen LogP contribution in [0.15, 0.2) is 0 Å². The van der Waals surface area contributed by atoms with Crippen LogP contribution < -0.4 is 11.1 Å². The molecule has 0 aromatic carbocycles. The van der Waals surface area contributed by atoms with E-state index in [0.717, 1.165) is 32.1 Å². The van der Waals surface area contributed by atoms with Crippen LogP contribution in [-0.4, -0.2) is 150 Å². The van der Waals surface area contributed by atoms with Gasteiger partial charge in [0.2, 0.25) is 5.91 Å². The second-order valence-electron chi connectivity index (χ2n) is 17.7. The molecular weight excluding hydrogens is 728 g/mol. The topological polar surface area (TPSA) is 197 Å². The van der Waals surface area contributed by atoms with Gasteiger partial charge in [-0.05, 0) is 92.9 Å². The Kier molecular flexibility index (Phi) is 12.8. The van der Waals surface area contributed by atoms with E-state index in [9.17, 15) is 19.6 Å². The molecule has 0 unspecified atom stereocenters. The maximum absolute atomic E-state index is 12.9. The van der Waals surface area contributed by atoms with Crippen molar-refractivity contribution < 1.29 is 52.3 Å². The summed E-state index contributed by atoms with van der Waals surface area (Å²) in [6.45, 7) is 18.5. The number of fused-ring (bicyclic) bond motifs is 2. The Morgan fingerprint density at radius 3 is 1.66 bits per heavy atom. The summed E-state index contributed by atoms with van der Waals surface area (Å²) in [4.78, 5) is 43.1. The van der Waals surface area contributed by atoms with Crippen LogP contribution >= 0.6 is 0 Å². The zero-order chi connectivity index (χ0) is 40.6. The van der Waals surface area contributed by atoms with Crippen LogP contribution in [0.2, 0.25) is 0 Å². The van der Waals surface area contributed by atoms with Gasteiger partial charge >= 0.3 is 12.2 Å². The smallest absolute Gasteiger partial charge is 0.410 e. The lowest BCUT2D eigenvalue weighted by atomic mass is 9.89. The van der Waals surface area contributed by atoms with Crippen molar-refractivity contribution in [3.05, 3.63) is 0 Å². The van der Waals surface area contributed by atoms with E-state index in [1.807, 2.05) is 48.5 Å². The zero-order valence-corrected chi connectivity index (χ0v) is 34.5. The van der Waals surface area contributed by atoms with Gasteiger partial charge in [-0.25, -0.2) is 9.59 Å². The van der Waals surface area contributed by atoms with Gasteiger partial charge < -0.3 is 63.6 Å². The number of nitrogens with zero attached hydrogens (tertiary/aromatic N) is 4. The molecule has 17 nitrogen and oxygen atoms in total. The Balaban J connectivity index is 0.000000202. The minimum Gasteiger partial charge on any atom is -0.440 e. The molecule has 7 aliphatic rings.